The summed E-state index contributed by atoms with van der Waals surface area (Å²) in [7, 11) is 0. The molecule has 0 fully saturated rings. The van der Waals surface area contributed by atoms with Gasteiger partial charge in [-0.3, -0.25) is 4.79 Å². The van der Waals surface area contributed by atoms with Crippen molar-refractivity contribution in [2.24, 2.45) is 0 Å². The minimum Gasteiger partial charge on any atom is -0.507 e. The number of esters is 1. The highest BCUT2D eigenvalue weighted by Crippen LogP contribution is 2.30. The Balaban J connectivity index is 1.51. The maximum absolute atomic E-state index is 12.9. The molecule has 0 saturated carbocycles. The SMILES string of the molecule is CCCCC(NC(=O)OCc1ccccc1)C(=O)Oc1cc(O)c2c(=O)c3ccccc3oc2c1. The molecule has 0 radical (unpaired) electrons. The van der Waals surface area contributed by atoms with Gasteiger partial charge in [-0.25, -0.2) is 9.59 Å². The molecule has 8 nitrogen and oxygen atoms in total. The van der Waals surface area contributed by atoms with E-state index in [0.29, 0.717) is 23.8 Å². The van der Waals surface area contributed by atoms with Crippen LogP contribution in [0.3, 0.4) is 0 Å². The first-order valence-electron chi connectivity index (χ1n) is 11.3. The van der Waals surface area contributed by atoms with Gasteiger partial charge in [0.25, 0.3) is 0 Å². The molecule has 1 aromatic heterocycles. The van der Waals surface area contributed by atoms with E-state index in [0.717, 1.165) is 12.0 Å². The van der Waals surface area contributed by atoms with Crippen molar-refractivity contribution in [2.45, 2.75) is 38.8 Å². The van der Waals surface area contributed by atoms with Gasteiger partial charge >= 0.3 is 12.1 Å². The van der Waals surface area contributed by atoms with Crippen molar-refractivity contribution in [1.82, 2.24) is 5.32 Å². The average Bonchev–Trinajstić information content (AvgIpc) is 2.85. The molecule has 1 amide bonds. The maximum atomic E-state index is 12.9. The maximum Gasteiger partial charge on any atom is 0.408 e. The molecule has 4 aromatic rings. The fraction of sp³-hybridized carbons (Fsp3) is 0.222. The Kier molecular flexibility index (Phi) is 7.30. The number of nitrogens with one attached hydrogen (secondary N) is 1. The Morgan fingerprint density at radius 1 is 1.03 bits per heavy atom. The number of ether oxygens (including phenoxy) is 2. The summed E-state index contributed by atoms with van der Waals surface area (Å²) in [6.07, 6.45) is 1.07. The van der Waals surface area contributed by atoms with Crippen LogP contribution in [-0.2, 0) is 16.1 Å². The number of unbranched alkanes of at least 4 members (excludes halogenated alkanes) is 1. The molecule has 1 atom stereocenters. The summed E-state index contributed by atoms with van der Waals surface area (Å²) < 4.78 is 16.4. The van der Waals surface area contributed by atoms with Crippen molar-refractivity contribution < 1.29 is 28.6 Å². The van der Waals surface area contributed by atoms with E-state index in [1.807, 2.05) is 37.3 Å². The molecule has 0 aliphatic rings. The van der Waals surface area contributed by atoms with Gasteiger partial charge in [0.2, 0.25) is 5.43 Å². The number of amides is 1. The lowest BCUT2D eigenvalue weighted by atomic mass is 10.1. The first-order chi connectivity index (χ1) is 17.0. The third kappa shape index (κ3) is 5.60. The second kappa shape index (κ2) is 10.7. The van der Waals surface area contributed by atoms with Gasteiger partial charge in [-0.15, -0.1) is 0 Å². The van der Waals surface area contributed by atoms with Crippen LogP contribution in [0, 0.1) is 0 Å². The van der Waals surface area contributed by atoms with Crippen molar-refractivity contribution in [1.29, 1.82) is 0 Å². The summed E-state index contributed by atoms with van der Waals surface area (Å²) >= 11 is 0. The molecular formula is C27H25NO7. The third-order valence-corrected chi connectivity index (χ3v) is 5.49. The second-order valence-corrected chi connectivity index (χ2v) is 8.06. The van der Waals surface area contributed by atoms with Crippen LogP contribution >= 0.6 is 0 Å². The Labute approximate surface area is 201 Å². The van der Waals surface area contributed by atoms with E-state index >= 15 is 0 Å². The van der Waals surface area contributed by atoms with E-state index in [9.17, 15) is 19.5 Å². The van der Waals surface area contributed by atoms with Gasteiger partial charge in [-0.2, -0.15) is 0 Å². The molecule has 1 unspecified atom stereocenters. The summed E-state index contributed by atoms with van der Waals surface area (Å²) in [5, 5.41) is 13.3. The van der Waals surface area contributed by atoms with Crippen LogP contribution in [0.2, 0.25) is 0 Å². The van der Waals surface area contributed by atoms with Gasteiger partial charge in [0.15, 0.2) is 0 Å². The van der Waals surface area contributed by atoms with Crippen molar-refractivity contribution in [3.05, 3.63) is 82.5 Å². The molecule has 0 aliphatic heterocycles. The highest BCUT2D eigenvalue weighted by Gasteiger charge is 2.24. The number of carbonyl (C=O) groups excluding carboxylic acids is 2. The lowest BCUT2D eigenvalue weighted by Gasteiger charge is -2.17. The van der Waals surface area contributed by atoms with E-state index in [-0.39, 0.29) is 34.5 Å². The van der Waals surface area contributed by atoms with Crippen molar-refractivity contribution in [2.75, 3.05) is 0 Å². The molecule has 8 heteroatoms. The van der Waals surface area contributed by atoms with Gasteiger partial charge in [0.1, 0.15) is 40.7 Å². The Morgan fingerprint density at radius 2 is 1.77 bits per heavy atom. The van der Waals surface area contributed by atoms with E-state index in [2.05, 4.69) is 5.32 Å². The first kappa shape index (κ1) is 23.8. The minimum absolute atomic E-state index is 0.00588. The van der Waals surface area contributed by atoms with Crippen molar-refractivity contribution in [3.8, 4) is 11.5 Å². The molecule has 2 N–H and O–H groups in total. The lowest BCUT2D eigenvalue weighted by Crippen LogP contribution is -2.43. The van der Waals surface area contributed by atoms with Crippen LogP contribution in [0.1, 0.15) is 31.7 Å². The van der Waals surface area contributed by atoms with Gasteiger partial charge in [-0.05, 0) is 24.1 Å². The van der Waals surface area contributed by atoms with Crippen LogP contribution in [-0.4, -0.2) is 23.2 Å². The van der Waals surface area contributed by atoms with Crippen LogP contribution < -0.4 is 15.5 Å². The lowest BCUT2D eigenvalue weighted by molar-refractivity contribution is -0.136. The molecule has 3 aromatic carbocycles. The quantitative estimate of drug-likeness (QED) is 0.208. The highest BCUT2D eigenvalue weighted by molar-refractivity contribution is 5.94. The fourth-order valence-corrected chi connectivity index (χ4v) is 3.69. The van der Waals surface area contributed by atoms with Gasteiger partial charge in [0.05, 0.1) is 5.39 Å². The highest BCUT2D eigenvalue weighted by atomic mass is 16.6. The van der Waals surface area contributed by atoms with Crippen molar-refractivity contribution in [3.63, 3.8) is 0 Å². The second-order valence-electron chi connectivity index (χ2n) is 8.06. The number of alkyl carbamates (subject to hydrolysis) is 1. The summed E-state index contributed by atoms with van der Waals surface area (Å²) in [5.74, 6) is -1.11. The molecule has 4 rings (SSSR count). The predicted octanol–water partition coefficient (Wildman–Crippen LogP) is 5.04. The number of hydrogen-bond acceptors (Lipinski definition) is 7. The Morgan fingerprint density at radius 3 is 2.54 bits per heavy atom. The molecule has 0 spiro atoms. The number of carbonyl (C=O) groups is 2. The Bertz CT molecular complexity index is 1410. The summed E-state index contributed by atoms with van der Waals surface area (Å²) in [6.45, 7) is 2.03. The van der Waals surface area contributed by atoms with Crippen LogP contribution in [0.4, 0.5) is 4.79 Å². The monoisotopic (exact) mass is 475 g/mol. The zero-order chi connectivity index (χ0) is 24.8. The van der Waals surface area contributed by atoms with Gasteiger partial charge < -0.3 is 24.3 Å². The van der Waals surface area contributed by atoms with Crippen LogP contribution in [0.5, 0.6) is 11.5 Å². The molecule has 0 bridgehead atoms. The van der Waals surface area contributed by atoms with E-state index < -0.39 is 18.1 Å². The number of hydrogen-bond donors (Lipinski definition) is 2. The molecule has 180 valence electrons. The number of fused-ring (bicyclic) bond motifs is 2. The van der Waals surface area contributed by atoms with Crippen LogP contribution in [0.15, 0.2) is 75.9 Å². The van der Waals surface area contributed by atoms with Gasteiger partial charge in [-0.1, -0.05) is 62.2 Å². The topological polar surface area (TPSA) is 115 Å². The number of phenols is 1. The van der Waals surface area contributed by atoms with E-state index in [4.69, 9.17) is 13.9 Å². The standard InChI is InChI=1S/C27H25NO7/c1-2-3-12-20(28-27(32)33-16-17-9-5-4-6-10-17)26(31)34-18-14-21(29)24-23(15-18)35-22-13-8-7-11-19(22)25(24)30/h4-11,13-15,20,29H,2-3,12,16H2,1H3,(H,28,32). The van der Waals surface area contributed by atoms with E-state index in [1.54, 1.807) is 24.3 Å². The molecule has 1 heterocycles. The number of para-hydroxylation sites is 1. The molecule has 35 heavy (non-hydrogen) atoms. The third-order valence-electron chi connectivity index (χ3n) is 5.49. The van der Waals surface area contributed by atoms with Gasteiger partial charge in [0, 0.05) is 12.1 Å². The molecule has 0 saturated heterocycles. The number of benzene rings is 3. The van der Waals surface area contributed by atoms with Crippen molar-refractivity contribution >= 4 is 34.0 Å². The molecular weight excluding hydrogens is 450 g/mol. The zero-order valence-corrected chi connectivity index (χ0v) is 19.2. The summed E-state index contributed by atoms with van der Waals surface area (Å²) in [5.41, 5.74) is 0.852. The zero-order valence-electron chi connectivity index (χ0n) is 19.2. The first-order valence-corrected chi connectivity index (χ1v) is 11.3. The van der Waals surface area contributed by atoms with Crippen LogP contribution in [0.25, 0.3) is 21.9 Å². The number of phenolic OH excluding ortho intramolecular Hbond substituents is 1. The summed E-state index contributed by atoms with van der Waals surface area (Å²) in [6, 6.07) is 17.4. The average molecular weight is 475 g/mol. The number of rotatable bonds is 8. The largest absolute Gasteiger partial charge is 0.507 e. The molecule has 0 aliphatic carbocycles. The summed E-state index contributed by atoms with van der Waals surface area (Å²) in [4.78, 5) is 38.0. The minimum atomic E-state index is -0.959. The fourth-order valence-electron chi connectivity index (χ4n) is 3.69. The predicted molar refractivity (Wildman–Crippen MR) is 130 cm³/mol. The number of aromatic hydroxyl groups is 1. The van der Waals surface area contributed by atoms with E-state index in [1.165, 1.54) is 12.1 Å². The smallest absolute Gasteiger partial charge is 0.408 e. The normalized spacial score (nSPS) is 11.8. The Hall–Kier alpha value is -4.33.